The van der Waals surface area contributed by atoms with E-state index >= 15 is 0 Å². The van der Waals surface area contributed by atoms with E-state index in [1.807, 2.05) is 57.2 Å². The fourth-order valence-electron chi connectivity index (χ4n) is 1.11. The van der Waals surface area contributed by atoms with Crippen LogP contribution in [0.15, 0.2) is 40.9 Å². The summed E-state index contributed by atoms with van der Waals surface area (Å²) in [6.45, 7) is 5.89. The van der Waals surface area contributed by atoms with Crippen LogP contribution in [-0.2, 0) is 0 Å². The highest BCUT2D eigenvalue weighted by Crippen LogP contribution is 2.17. The summed E-state index contributed by atoms with van der Waals surface area (Å²) in [6, 6.07) is 11.9. The number of benzene rings is 1. The summed E-state index contributed by atoms with van der Waals surface area (Å²) in [7, 11) is 0. The van der Waals surface area contributed by atoms with E-state index in [2.05, 4.69) is 5.16 Å². The first-order chi connectivity index (χ1) is 6.86. The Morgan fingerprint density at radius 3 is 2.21 bits per heavy atom. The second kappa shape index (κ2) is 5.22. The van der Waals surface area contributed by atoms with Crippen molar-refractivity contribution in [3.63, 3.8) is 0 Å². The Morgan fingerprint density at radius 2 is 1.71 bits per heavy atom. The van der Waals surface area contributed by atoms with Gasteiger partial charge in [-0.05, 0) is 6.92 Å². The molecule has 1 aromatic carbocycles. The Hall–Kier alpha value is -1.57. The van der Waals surface area contributed by atoms with Crippen molar-refractivity contribution in [3.8, 4) is 11.3 Å². The first-order valence-corrected chi connectivity index (χ1v) is 4.85. The largest absolute Gasteiger partial charge is 0.361 e. The zero-order chi connectivity index (χ0) is 10.4. The van der Waals surface area contributed by atoms with Crippen molar-refractivity contribution in [2.45, 2.75) is 20.8 Å². The van der Waals surface area contributed by atoms with Crippen molar-refractivity contribution >= 4 is 0 Å². The van der Waals surface area contributed by atoms with E-state index in [-0.39, 0.29) is 0 Å². The molecule has 0 atom stereocenters. The van der Waals surface area contributed by atoms with Gasteiger partial charge in [0.2, 0.25) is 0 Å². The highest BCUT2D eigenvalue weighted by Gasteiger charge is 2.00. The maximum atomic E-state index is 4.97. The fraction of sp³-hybridized carbons (Fsp3) is 0.250. The first-order valence-electron chi connectivity index (χ1n) is 4.85. The van der Waals surface area contributed by atoms with Gasteiger partial charge in [0.15, 0.2) is 0 Å². The topological polar surface area (TPSA) is 26.0 Å². The molecule has 0 aliphatic carbocycles. The van der Waals surface area contributed by atoms with E-state index in [4.69, 9.17) is 4.52 Å². The Labute approximate surface area is 84.6 Å². The zero-order valence-electron chi connectivity index (χ0n) is 8.82. The molecule has 0 aliphatic rings. The van der Waals surface area contributed by atoms with Gasteiger partial charge in [0.05, 0.1) is 0 Å². The van der Waals surface area contributed by atoms with Gasteiger partial charge in [-0.1, -0.05) is 49.3 Å². The summed E-state index contributed by atoms with van der Waals surface area (Å²) in [5.41, 5.74) is 1.99. The Bertz CT molecular complexity index is 365. The molecule has 1 heterocycles. The molecule has 0 spiro atoms. The summed E-state index contributed by atoms with van der Waals surface area (Å²) >= 11 is 0. The lowest BCUT2D eigenvalue weighted by atomic mass is 10.1. The molecule has 74 valence electrons. The molecule has 2 heteroatoms. The lowest BCUT2D eigenvalue weighted by molar-refractivity contribution is 0.399. The molecule has 0 unspecified atom stereocenters. The molecule has 0 saturated carbocycles. The molecule has 0 aliphatic heterocycles. The van der Waals surface area contributed by atoms with Crippen molar-refractivity contribution < 1.29 is 4.52 Å². The van der Waals surface area contributed by atoms with Gasteiger partial charge in [0.25, 0.3) is 0 Å². The lowest BCUT2D eigenvalue weighted by Gasteiger charge is -1.90. The molecular weight excluding hydrogens is 174 g/mol. The molecule has 0 saturated heterocycles. The highest BCUT2D eigenvalue weighted by molar-refractivity contribution is 5.58. The van der Waals surface area contributed by atoms with Crippen LogP contribution in [-0.4, -0.2) is 5.16 Å². The maximum absolute atomic E-state index is 4.97. The zero-order valence-corrected chi connectivity index (χ0v) is 8.82. The molecule has 0 fully saturated rings. The van der Waals surface area contributed by atoms with E-state index < -0.39 is 0 Å². The van der Waals surface area contributed by atoms with E-state index in [1.54, 1.807) is 0 Å². The maximum Gasteiger partial charge on any atom is 0.134 e. The Balaban J connectivity index is 0.000000461. The van der Waals surface area contributed by atoms with Crippen LogP contribution in [0.3, 0.4) is 0 Å². The number of rotatable bonds is 1. The molecule has 14 heavy (non-hydrogen) atoms. The van der Waals surface area contributed by atoms with Gasteiger partial charge in [-0.3, -0.25) is 0 Å². The van der Waals surface area contributed by atoms with Crippen molar-refractivity contribution in [3.05, 3.63) is 42.2 Å². The Morgan fingerprint density at radius 1 is 1.07 bits per heavy atom. The van der Waals surface area contributed by atoms with E-state index in [0.717, 1.165) is 17.0 Å². The molecule has 0 N–H and O–H groups in total. The molecule has 2 aromatic rings. The third-order valence-corrected chi connectivity index (χ3v) is 1.70. The quantitative estimate of drug-likeness (QED) is 0.684. The van der Waals surface area contributed by atoms with Gasteiger partial charge in [-0.25, -0.2) is 0 Å². The van der Waals surface area contributed by atoms with Crippen LogP contribution in [0.4, 0.5) is 0 Å². The molecule has 0 amide bonds. The minimum atomic E-state index is 0.842. The van der Waals surface area contributed by atoms with Crippen LogP contribution in [0, 0.1) is 6.92 Å². The molecular formula is C12H15NO. The highest BCUT2D eigenvalue weighted by atomic mass is 16.5. The van der Waals surface area contributed by atoms with Crippen LogP contribution in [0.1, 0.15) is 19.6 Å². The van der Waals surface area contributed by atoms with Crippen molar-refractivity contribution in [2.75, 3.05) is 0 Å². The van der Waals surface area contributed by atoms with Gasteiger partial charge in [0.1, 0.15) is 11.5 Å². The Kier molecular flexibility index (Phi) is 3.92. The summed E-state index contributed by atoms with van der Waals surface area (Å²) in [5, 5.41) is 3.91. The molecule has 2 rings (SSSR count). The predicted molar refractivity (Wildman–Crippen MR) is 58.0 cm³/mol. The average molecular weight is 189 g/mol. The number of aromatic nitrogens is 1. The number of hydrogen-bond acceptors (Lipinski definition) is 2. The number of nitrogens with zero attached hydrogens (tertiary/aromatic N) is 1. The summed E-state index contributed by atoms with van der Waals surface area (Å²) < 4.78 is 4.97. The minimum Gasteiger partial charge on any atom is -0.361 e. The fourth-order valence-corrected chi connectivity index (χ4v) is 1.11. The van der Waals surface area contributed by atoms with Gasteiger partial charge in [-0.2, -0.15) is 0 Å². The SMILES string of the molecule is CC.Cc1cc(-c2ccccc2)no1. The van der Waals surface area contributed by atoms with Crippen molar-refractivity contribution in [1.29, 1.82) is 0 Å². The van der Waals surface area contributed by atoms with Crippen LogP contribution < -0.4 is 0 Å². The van der Waals surface area contributed by atoms with Crippen LogP contribution in [0.5, 0.6) is 0 Å². The number of hydrogen-bond donors (Lipinski definition) is 0. The molecule has 1 aromatic heterocycles. The van der Waals surface area contributed by atoms with Crippen molar-refractivity contribution in [2.24, 2.45) is 0 Å². The third-order valence-electron chi connectivity index (χ3n) is 1.70. The summed E-state index contributed by atoms with van der Waals surface area (Å²) in [4.78, 5) is 0. The van der Waals surface area contributed by atoms with Crippen LogP contribution in [0.25, 0.3) is 11.3 Å². The first kappa shape index (κ1) is 10.5. The van der Waals surface area contributed by atoms with E-state index in [0.29, 0.717) is 0 Å². The van der Waals surface area contributed by atoms with Gasteiger partial charge in [0, 0.05) is 11.6 Å². The lowest BCUT2D eigenvalue weighted by Crippen LogP contribution is -1.73. The van der Waals surface area contributed by atoms with Gasteiger partial charge in [-0.15, -0.1) is 0 Å². The smallest absolute Gasteiger partial charge is 0.134 e. The monoisotopic (exact) mass is 189 g/mol. The number of aryl methyl sites for hydroxylation is 1. The second-order valence-corrected chi connectivity index (χ2v) is 2.69. The predicted octanol–water partition coefficient (Wildman–Crippen LogP) is 3.68. The average Bonchev–Trinajstić information content (AvgIpc) is 2.69. The summed E-state index contributed by atoms with van der Waals surface area (Å²) in [5.74, 6) is 0.842. The second-order valence-electron chi connectivity index (χ2n) is 2.69. The normalized spacial score (nSPS) is 9.07. The standard InChI is InChI=1S/C10H9NO.C2H6/c1-8-7-10(11-12-8)9-5-3-2-4-6-9;1-2/h2-7H,1H3;1-2H3. The van der Waals surface area contributed by atoms with E-state index in [1.165, 1.54) is 0 Å². The molecule has 2 nitrogen and oxygen atoms in total. The van der Waals surface area contributed by atoms with E-state index in [9.17, 15) is 0 Å². The molecule has 0 bridgehead atoms. The third kappa shape index (κ3) is 2.46. The minimum absolute atomic E-state index is 0.842. The van der Waals surface area contributed by atoms with Gasteiger partial charge < -0.3 is 4.52 Å². The van der Waals surface area contributed by atoms with Gasteiger partial charge >= 0.3 is 0 Å². The summed E-state index contributed by atoms with van der Waals surface area (Å²) in [6.07, 6.45) is 0. The molecule has 0 radical (unpaired) electrons. The van der Waals surface area contributed by atoms with Crippen LogP contribution in [0.2, 0.25) is 0 Å². The van der Waals surface area contributed by atoms with Crippen LogP contribution >= 0.6 is 0 Å². The van der Waals surface area contributed by atoms with Crippen molar-refractivity contribution in [1.82, 2.24) is 5.16 Å².